The van der Waals surface area contributed by atoms with Crippen LogP contribution in [0.25, 0.3) is 21.9 Å². The minimum atomic E-state index is -4.21. The molecule has 2 aromatic heterocycles. The van der Waals surface area contributed by atoms with Crippen molar-refractivity contribution in [2.24, 2.45) is 12.8 Å². The summed E-state index contributed by atoms with van der Waals surface area (Å²) in [6, 6.07) is 20.8. The lowest BCUT2D eigenvalue weighted by atomic mass is 10.1. The Bertz CT molecular complexity index is 1830. The summed E-state index contributed by atoms with van der Waals surface area (Å²) < 4.78 is 35.7. The molecule has 39 heavy (non-hydrogen) atoms. The first kappa shape index (κ1) is 25.9. The van der Waals surface area contributed by atoms with Gasteiger partial charge in [0.25, 0.3) is 10.0 Å². The van der Waals surface area contributed by atoms with Gasteiger partial charge in [0, 0.05) is 30.6 Å². The lowest BCUT2D eigenvalue weighted by Crippen LogP contribution is -2.36. The summed E-state index contributed by atoms with van der Waals surface area (Å²) in [5, 5.41) is 8.23. The number of hydrogen-bond acceptors (Lipinski definition) is 7. The van der Waals surface area contributed by atoms with Gasteiger partial charge in [-0.2, -0.15) is 0 Å². The Kier molecular flexibility index (Phi) is 6.75. The summed E-state index contributed by atoms with van der Waals surface area (Å²) >= 11 is 0. The van der Waals surface area contributed by atoms with Crippen molar-refractivity contribution in [3.63, 3.8) is 0 Å². The number of rotatable bonds is 8. The number of benzene rings is 3. The second-order valence-corrected chi connectivity index (χ2v) is 10.8. The van der Waals surface area contributed by atoms with E-state index in [1.807, 2.05) is 23.7 Å². The number of carbonyl (C=O) groups excluding carboxylic acids is 1. The minimum absolute atomic E-state index is 0.00236. The molecule has 0 saturated heterocycles. The molecule has 5 aromatic rings. The number of nitrogens with one attached hydrogen (secondary N) is 1. The summed E-state index contributed by atoms with van der Waals surface area (Å²) in [5.41, 5.74) is 9.14. The standard InChI is InChI=1S/C28H26N6O4S/c1-33-23-13-12-21(16-22(23)32-25(33)15-18-8-10-20(11-9-18)28(29)30)34(17-26(35)38-2)39(36,37)24-7-3-5-19-6-4-14-31-27(19)24/h3-14,16H,15,17H2,1-2H3,(H3,29,30). The second-order valence-electron chi connectivity index (χ2n) is 8.97. The monoisotopic (exact) mass is 542 g/mol. The average molecular weight is 543 g/mol. The Labute approximate surface area is 225 Å². The number of anilines is 1. The third-order valence-electron chi connectivity index (χ3n) is 6.54. The zero-order chi connectivity index (χ0) is 27.7. The normalized spacial score (nSPS) is 11.5. The number of para-hydroxylation sites is 1. The number of esters is 1. The van der Waals surface area contributed by atoms with Crippen LogP contribution in [-0.2, 0) is 33.0 Å². The van der Waals surface area contributed by atoms with Gasteiger partial charge in [0.1, 0.15) is 23.1 Å². The molecule has 10 nitrogen and oxygen atoms in total. The van der Waals surface area contributed by atoms with Crippen LogP contribution in [-0.4, -0.2) is 48.4 Å². The van der Waals surface area contributed by atoms with Gasteiger partial charge >= 0.3 is 5.97 Å². The zero-order valence-electron chi connectivity index (χ0n) is 21.3. The quantitative estimate of drug-likeness (QED) is 0.174. The van der Waals surface area contributed by atoms with Gasteiger partial charge < -0.3 is 15.0 Å². The van der Waals surface area contributed by atoms with Crippen molar-refractivity contribution in [3.05, 3.63) is 95.9 Å². The molecule has 2 heterocycles. The van der Waals surface area contributed by atoms with Crippen LogP contribution in [0.1, 0.15) is 17.0 Å². The Morgan fingerprint density at radius 2 is 1.82 bits per heavy atom. The van der Waals surface area contributed by atoms with E-state index in [0.29, 0.717) is 28.4 Å². The molecule has 0 aliphatic rings. The number of pyridine rings is 1. The molecule has 0 fully saturated rings. The van der Waals surface area contributed by atoms with Gasteiger partial charge in [-0.25, -0.2) is 13.4 Å². The van der Waals surface area contributed by atoms with Crippen LogP contribution < -0.4 is 10.0 Å². The van der Waals surface area contributed by atoms with E-state index in [-0.39, 0.29) is 16.4 Å². The summed E-state index contributed by atoms with van der Waals surface area (Å²) in [6.45, 7) is -0.518. The fraction of sp³-hybridized carbons (Fsp3) is 0.143. The molecule has 0 radical (unpaired) electrons. The van der Waals surface area contributed by atoms with Gasteiger partial charge in [-0.1, -0.05) is 42.5 Å². The summed E-state index contributed by atoms with van der Waals surface area (Å²) in [7, 11) is -1.11. The highest BCUT2D eigenvalue weighted by Gasteiger charge is 2.30. The first-order valence-electron chi connectivity index (χ1n) is 12.0. The van der Waals surface area contributed by atoms with Crippen molar-refractivity contribution in [1.29, 1.82) is 5.41 Å². The van der Waals surface area contributed by atoms with E-state index in [2.05, 4.69) is 4.98 Å². The highest BCUT2D eigenvalue weighted by atomic mass is 32.2. The summed E-state index contributed by atoms with van der Waals surface area (Å²) in [6.07, 6.45) is 2.05. The molecule has 3 aromatic carbocycles. The first-order valence-corrected chi connectivity index (χ1v) is 13.4. The number of fused-ring (bicyclic) bond motifs is 2. The fourth-order valence-corrected chi connectivity index (χ4v) is 6.01. The topological polar surface area (TPSA) is 144 Å². The number of imidazole rings is 1. The van der Waals surface area contributed by atoms with Crippen LogP contribution in [0.2, 0.25) is 0 Å². The van der Waals surface area contributed by atoms with E-state index in [9.17, 15) is 13.2 Å². The van der Waals surface area contributed by atoms with Crippen molar-refractivity contribution in [3.8, 4) is 0 Å². The maximum atomic E-state index is 14.0. The van der Waals surface area contributed by atoms with Gasteiger partial charge in [-0.3, -0.25) is 19.5 Å². The molecule has 0 atom stereocenters. The number of amidine groups is 1. The zero-order valence-corrected chi connectivity index (χ0v) is 22.1. The average Bonchev–Trinajstić information content (AvgIpc) is 3.25. The maximum Gasteiger partial charge on any atom is 0.326 e. The van der Waals surface area contributed by atoms with Crippen molar-refractivity contribution >= 4 is 49.5 Å². The minimum Gasteiger partial charge on any atom is -0.468 e. The van der Waals surface area contributed by atoms with E-state index in [0.717, 1.165) is 21.2 Å². The predicted octanol–water partition coefficient (Wildman–Crippen LogP) is 3.36. The van der Waals surface area contributed by atoms with E-state index in [1.165, 1.54) is 19.4 Å². The molecule has 0 aliphatic carbocycles. The SMILES string of the molecule is COC(=O)CN(c1ccc2c(c1)nc(Cc1ccc(C(=N)N)cc1)n2C)S(=O)(=O)c1cccc2cccnc12. The third kappa shape index (κ3) is 4.91. The molecule has 0 bridgehead atoms. The van der Waals surface area contributed by atoms with Gasteiger partial charge in [0.05, 0.1) is 29.3 Å². The lowest BCUT2D eigenvalue weighted by Gasteiger charge is -2.24. The molecule has 11 heteroatoms. The number of aromatic nitrogens is 3. The highest BCUT2D eigenvalue weighted by Crippen LogP contribution is 2.30. The largest absolute Gasteiger partial charge is 0.468 e. The van der Waals surface area contributed by atoms with Gasteiger partial charge in [-0.15, -0.1) is 0 Å². The molecule has 198 valence electrons. The number of nitrogens with two attached hydrogens (primary N) is 1. The number of nitrogens with zero attached hydrogens (tertiary/aromatic N) is 4. The Morgan fingerprint density at radius 1 is 1.08 bits per heavy atom. The van der Waals surface area contributed by atoms with Crippen LogP contribution in [0.3, 0.4) is 0 Å². The highest BCUT2D eigenvalue weighted by molar-refractivity contribution is 7.93. The van der Waals surface area contributed by atoms with Crippen molar-refractivity contribution in [2.75, 3.05) is 18.0 Å². The Hall–Kier alpha value is -4.77. The smallest absolute Gasteiger partial charge is 0.326 e. The van der Waals surface area contributed by atoms with E-state index >= 15 is 0 Å². The van der Waals surface area contributed by atoms with Crippen molar-refractivity contribution in [2.45, 2.75) is 11.3 Å². The molecular weight excluding hydrogens is 516 g/mol. The predicted molar refractivity (Wildman–Crippen MR) is 149 cm³/mol. The van der Waals surface area contributed by atoms with Crippen LogP contribution >= 0.6 is 0 Å². The molecule has 0 spiro atoms. The molecule has 0 unspecified atom stereocenters. The number of ether oxygens (including phenoxy) is 1. The van der Waals surface area contributed by atoms with Crippen LogP contribution in [0.4, 0.5) is 5.69 Å². The van der Waals surface area contributed by atoms with E-state index in [4.69, 9.17) is 20.9 Å². The van der Waals surface area contributed by atoms with Gasteiger partial charge in [0.2, 0.25) is 0 Å². The molecule has 5 rings (SSSR count). The van der Waals surface area contributed by atoms with Gasteiger partial charge in [-0.05, 0) is 35.9 Å². The number of methoxy groups -OCH3 is 1. The fourth-order valence-electron chi connectivity index (χ4n) is 4.44. The maximum absolute atomic E-state index is 14.0. The molecule has 0 amide bonds. The van der Waals surface area contributed by atoms with Gasteiger partial charge in [0.15, 0.2) is 0 Å². The van der Waals surface area contributed by atoms with E-state index in [1.54, 1.807) is 54.6 Å². The third-order valence-corrected chi connectivity index (χ3v) is 8.34. The van der Waals surface area contributed by atoms with Crippen molar-refractivity contribution in [1.82, 2.24) is 14.5 Å². The van der Waals surface area contributed by atoms with Crippen LogP contribution in [0.15, 0.2) is 83.9 Å². The summed E-state index contributed by atoms with van der Waals surface area (Å²) in [5.74, 6) is 0.0588. The molecule has 0 saturated carbocycles. The van der Waals surface area contributed by atoms with Crippen LogP contribution in [0.5, 0.6) is 0 Å². The number of sulfonamides is 1. The van der Waals surface area contributed by atoms with E-state index < -0.39 is 22.5 Å². The number of carbonyl (C=O) groups is 1. The number of aryl methyl sites for hydroxylation is 1. The molecule has 3 N–H and O–H groups in total. The Balaban J connectivity index is 1.56. The first-order chi connectivity index (χ1) is 18.7. The van der Waals surface area contributed by atoms with Crippen molar-refractivity contribution < 1.29 is 17.9 Å². The lowest BCUT2D eigenvalue weighted by molar-refractivity contribution is -0.138. The number of nitrogen functional groups attached to an aromatic ring is 1. The Morgan fingerprint density at radius 3 is 2.54 bits per heavy atom. The molecule has 0 aliphatic heterocycles. The van der Waals surface area contributed by atoms with Crippen LogP contribution in [0, 0.1) is 5.41 Å². The summed E-state index contributed by atoms with van der Waals surface area (Å²) in [4.78, 5) is 21.4. The number of hydrogen-bond donors (Lipinski definition) is 2. The second kappa shape index (κ2) is 10.2. The molecular formula is C28H26N6O4S.